The first-order valence-corrected chi connectivity index (χ1v) is 8.66. The second-order valence-electron chi connectivity index (χ2n) is 5.75. The molecule has 0 bridgehead atoms. The number of thioether (sulfide) groups is 1. The first kappa shape index (κ1) is 19.7. The molecule has 3 rings (SSSR count). The van der Waals surface area contributed by atoms with E-state index in [9.17, 15) is 13.6 Å². The molecular formula is C18H19ClF2N2OS. The molecule has 0 saturated carbocycles. The Kier molecular flexibility index (Phi) is 7.23. The summed E-state index contributed by atoms with van der Waals surface area (Å²) in [5.74, 6) is -1.47. The number of benzene rings is 2. The Hall–Kier alpha value is -1.63. The van der Waals surface area contributed by atoms with Gasteiger partial charge < -0.3 is 10.6 Å². The van der Waals surface area contributed by atoms with Crippen molar-refractivity contribution in [3.63, 3.8) is 0 Å². The van der Waals surface area contributed by atoms with Gasteiger partial charge in [-0.25, -0.2) is 8.78 Å². The van der Waals surface area contributed by atoms with Crippen LogP contribution in [0.25, 0.3) is 0 Å². The van der Waals surface area contributed by atoms with Gasteiger partial charge in [-0.3, -0.25) is 4.79 Å². The molecule has 134 valence electrons. The number of hydrogen-bond donors (Lipinski definition) is 2. The molecule has 2 aromatic rings. The summed E-state index contributed by atoms with van der Waals surface area (Å²) < 4.78 is 26.5. The maximum atomic E-state index is 13.4. The van der Waals surface area contributed by atoms with Crippen LogP contribution >= 0.6 is 24.2 Å². The van der Waals surface area contributed by atoms with Crippen LogP contribution in [0.3, 0.4) is 0 Å². The smallest absolute Gasteiger partial charge is 0.238 e. The molecule has 7 heteroatoms. The number of nitrogens with one attached hydrogen (secondary N) is 2. The Labute approximate surface area is 156 Å². The third-order valence-electron chi connectivity index (χ3n) is 3.92. The van der Waals surface area contributed by atoms with Gasteiger partial charge in [0.25, 0.3) is 0 Å². The first-order chi connectivity index (χ1) is 11.6. The second-order valence-corrected chi connectivity index (χ2v) is 6.93. The van der Waals surface area contributed by atoms with Crippen molar-refractivity contribution >= 4 is 30.1 Å². The lowest BCUT2D eigenvalue weighted by Crippen LogP contribution is -2.48. The highest BCUT2D eigenvalue weighted by Crippen LogP contribution is 2.36. The minimum atomic E-state index is -0.909. The minimum Gasteiger partial charge on any atom is -0.354 e. The molecular weight excluding hydrogens is 366 g/mol. The van der Waals surface area contributed by atoms with Crippen molar-refractivity contribution in [3.8, 4) is 0 Å². The van der Waals surface area contributed by atoms with Crippen molar-refractivity contribution in [1.29, 1.82) is 0 Å². The normalized spacial score (nSPS) is 15.0. The monoisotopic (exact) mass is 384 g/mol. The van der Waals surface area contributed by atoms with Crippen molar-refractivity contribution in [2.24, 2.45) is 5.92 Å². The third-order valence-corrected chi connectivity index (χ3v) is 5.16. The largest absolute Gasteiger partial charge is 0.354 e. The molecule has 1 unspecified atom stereocenters. The highest BCUT2D eigenvalue weighted by molar-refractivity contribution is 8.00. The number of rotatable bonds is 6. The summed E-state index contributed by atoms with van der Waals surface area (Å²) in [4.78, 5) is 13.1. The van der Waals surface area contributed by atoms with E-state index in [-0.39, 0.29) is 18.3 Å². The van der Waals surface area contributed by atoms with Crippen molar-refractivity contribution in [1.82, 2.24) is 10.6 Å². The van der Waals surface area contributed by atoms with Gasteiger partial charge >= 0.3 is 0 Å². The van der Waals surface area contributed by atoms with Gasteiger partial charge in [0.05, 0.1) is 0 Å². The van der Waals surface area contributed by atoms with Crippen LogP contribution in [0.2, 0.25) is 0 Å². The quantitative estimate of drug-likeness (QED) is 0.748. The van der Waals surface area contributed by atoms with Crippen molar-refractivity contribution in [3.05, 3.63) is 65.7 Å². The molecule has 2 aromatic carbocycles. The lowest BCUT2D eigenvalue weighted by molar-refractivity contribution is -0.120. The zero-order chi connectivity index (χ0) is 16.9. The van der Waals surface area contributed by atoms with Crippen molar-refractivity contribution in [2.75, 3.05) is 19.6 Å². The molecule has 1 amide bonds. The van der Waals surface area contributed by atoms with E-state index in [1.165, 1.54) is 17.8 Å². The van der Waals surface area contributed by atoms with E-state index < -0.39 is 16.9 Å². The molecule has 1 saturated heterocycles. The van der Waals surface area contributed by atoms with Gasteiger partial charge in [0.15, 0.2) is 11.6 Å². The Balaban J connectivity index is 0.00000225. The fourth-order valence-electron chi connectivity index (χ4n) is 2.42. The van der Waals surface area contributed by atoms with E-state index in [4.69, 9.17) is 0 Å². The molecule has 0 spiro atoms. The van der Waals surface area contributed by atoms with Crippen LogP contribution in [0.4, 0.5) is 8.78 Å². The lowest BCUT2D eigenvalue weighted by atomic mass is 10.0. The number of halogens is 3. The zero-order valence-corrected chi connectivity index (χ0v) is 15.0. The van der Waals surface area contributed by atoms with Crippen LogP contribution in [-0.4, -0.2) is 25.5 Å². The standard InChI is InChI=1S/C18H18F2N2OS.ClH/c19-15-7-6-14(8-16(15)20)24-17(13-4-2-1-3-5-13)18(23)22-11-12-9-21-10-12;/h1-8,12,17,21H,9-11H2,(H,22,23);1H. The number of hydrogen-bond acceptors (Lipinski definition) is 3. The van der Waals surface area contributed by atoms with E-state index in [1.54, 1.807) is 0 Å². The molecule has 1 aliphatic heterocycles. The average molecular weight is 385 g/mol. The lowest BCUT2D eigenvalue weighted by Gasteiger charge is -2.28. The maximum Gasteiger partial charge on any atom is 0.238 e. The van der Waals surface area contributed by atoms with Crippen LogP contribution < -0.4 is 10.6 Å². The molecule has 3 nitrogen and oxygen atoms in total. The fourth-order valence-corrected chi connectivity index (χ4v) is 3.49. The summed E-state index contributed by atoms with van der Waals surface area (Å²) >= 11 is 1.22. The van der Waals surface area contributed by atoms with Gasteiger partial charge in [0.2, 0.25) is 5.91 Å². The molecule has 0 aromatic heterocycles. The summed E-state index contributed by atoms with van der Waals surface area (Å²) in [7, 11) is 0. The topological polar surface area (TPSA) is 41.1 Å². The summed E-state index contributed by atoms with van der Waals surface area (Å²) in [5, 5.41) is 5.62. The Morgan fingerprint density at radius 1 is 1.16 bits per heavy atom. The van der Waals surface area contributed by atoms with Gasteiger partial charge in [-0.15, -0.1) is 24.2 Å². The van der Waals surface area contributed by atoms with E-state index in [0.717, 1.165) is 30.8 Å². The Morgan fingerprint density at radius 2 is 1.88 bits per heavy atom. The van der Waals surface area contributed by atoms with E-state index >= 15 is 0 Å². The van der Waals surface area contributed by atoms with Crippen molar-refractivity contribution < 1.29 is 13.6 Å². The predicted octanol–water partition coefficient (Wildman–Crippen LogP) is 3.56. The zero-order valence-electron chi connectivity index (χ0n) is 13.4. The SMILES string of the molecule is Cl.O=C(NCC1CNC1)C(Sc1ccc(F)c(F)c1)c1ccccc1. The highest BCUT2D eigenvalue weighted by Gasteiger charge is 2.24. The Morgan fingerprint density at radius 3 is 2.48 bits per heavy atom. The minimum absolute atomic E-state index is 0. The third kappa shape index (κ3) is 5.17. The first-order valence-electron chi connectivity index (χ1n) is 7.78. The van der Waals surface area contributed by atoms with Crippen LogP contribution in [0.1, 0.15) is 10.8 Å². The van der Waals surface area contributed by atoms with Gasteiger partial charge in [-0.1, -0.05) is 30.3 Å². The van der Waals surface area contributed by atoms with Crippen LogP contribution in [0, 0.1) is 17.6 Å². The van der Waals surface area contributed by atoms with E-state index in [2.05, 4.69) is 10.6 Å². The molecule has 2 N–H and O–H groups in total. The van der Waals surface area contributed by atoms with Crippen LogP contribution in [0.5, 0.6) is 0 Å². The van der Waals surface area contributed by atoms with Gasteiger partial charge in [-0.05, 0) is 23.8 Å². The Bertz CT molecular complexity index is 713. The molecule has 1 aliphatic rings. The summed E-state index contributed by atoms with van der Waals surface area (Å²) in [6.45, 7) is 2.44. The molecule has 1 heterocycles. The van der Waals surface area contributed by atoms with Gasteiger partial charge in [0, 0.05) is 30.4 Å². The summed E-state index contributed by atoms with van der Waals surface area (Å²) in [6, 6.07) is 13.0. The van der Waals surface area contributed by atoms with Gasteiger partial charge in [0.1, 0.15) is 5.25 Å². The molecule has 0 radical (unpaired) electrons. The number of carbonyl (C=O) groups is 1. The number of amides is 1. The van der Waals surface area contributed by atoms with Crippen LogP contribution in [0.15, 0.2) is 53.4 Å². The van der Waals surface area contributed by atoms with Gasteiger partial charge in [-0.2, -0.15) is 0 Å². The molecule has 1 fully saturated rings. The summed E-state index contributed by atoms with van der Waals surface area (Å²) in [5.41, 5.74) is 0.830. The van der Waals surface area contributed by atoms with Crippen LogP contribution in [-0.2, 0) is 4.79 Å². The average Bonchev–Trinajstić information content (AvgIpc) is 2.55. The second kappa shape index (κ2) is 9.17. The summed E-state index contributed by atoms with van der Waals surface area (Å²) in [6.07, 6.45) is 0. The van der Waals surface area contributed by atoms with E-state index in [0.29, 0.717) is 17.4 Å². The van der Waals surface area contributed by atoms with E-state index in [1.807, 2.05) is 30.3 Å². The molecule has 0 aliphatic carbocycles. The maximum absolute atomic E-state index is 13.4. The highest BCUT2D eigenvalue weighted by atomic mass is 35.5. The predicted molar refractivity (Wildman–Crippen MR) is 98.0 cm³/mol. The number of carbonyl (C=O) groups excluding carboxylic acids is 1. The fraction of sp³-hybridized carbons (Fsp3) is 0.278. The molecule has 1 atom stereocenters. The molecule has 25 heavy (non-hydrogen) atoms. The van der Waals surface area contributed by atoms with Crippen molar-refractivity contribution in [2.45, 2.75) is 10.1 Å².